The van der Waals surface area contributed by atoms with Crippen LogP contribution in [0.25, 0.3) is 0 Å². The highest BCUT2D eigenvalue weighted by atomic mass is 127. The average molecular weight is 505 g/mol. The van der Waals surface area contributed by atoms with Gasteiger partial charge < -0.3 is 14.8 Å². The summed E-state index contributed by atoms with van der Waals surface area (Å²) in [4.78, 5) is 6.94. The van der Waals surface area contributed by atoms with E-state index in [1.165, 1.54) is 12.7 Å². The van der Waals surface area contributed by atoms with Gasteiger partial charge in [0.05, 0.1) is 18.0 Å². The Kier molecular flexibility index (Phi) is 9.27. The first-order chi connectivity index (χ1) is 12.4. The lowest BCUT2D eigenvalue weighted by atomic mass is 10.2. The van der Waals surface area contributed by atoms with E-state index < -0.39 is 10.0 Å². The highest BCUT2D eigenvalue weighted by Crippen LogP contribution is 2.12. The number of guanidine groups is 1. The van der Waals surface area contributed by atoms with Crippen molar-refractivity contribution in [2.24, 2.45) is 12.0 Å². The molecule has 0 amide bonds. The van der Waals surface area contributed by atoms with Crippen molar-refractivity contribution in [3.8, 4) is 0 Å². The lowest BCUT2D eigenvalue weighted by Gasteiger charge is -2.22. The zero-order valence-corrected chi connectivity index (χ0v) is 19.3. The summed E-state index contributed by atoms with van der Waals surface area (Å²) in [5.74, 6) is 0.774. The van der Waals surface area contributed by atoms with Crippen LogP contribution in [-0.2, 0) is 30.2 Å². The number of halogens is 1. The minimum absolute atomic E-state index is 0. The standard InChI is InChI=1S/C18H27N5O2S.HI/c1-5-20-18(23(4)14-16-9-7-11-22(16)3)21-13-15-8-6-10-17(12-15)26(24,25)19-2;/h6-12,19H,5,13-14H2,1-4H3,(H,20,21);1H. The molecule has 2 rings (SSSR count). The highest BCUT2D eigenvalue weighted by molar-refractivity contribution is 14.0. The van der Waals surface area contributed by atoms with E-state index in [9.17, 15) is 8.42 Å². The van der Waals surface area contributed by atoms with Gasteiger partial charge in [-0.25, -0.2) is 18.1 Å². The largest absolute Gasteiger partial charge is 0.357 e. The third kappa shape index (κ3) is 6.51. The topological polar surface area (TPSA) is 78.7 Å². The minimum Gasteiger partial charge on any atom is -0.357 e. The summed E-state index contributed by atoms with van der Waals surface area (Å²) in [5, 5.41) is 3.28. The quantitative estimate of drug-likeness (QED) is 0.344. The van der Waals surface area contributed by atoms with Crippen LogP contribution in [0.1, 0.15) is 18.2 Å². The maximum absolute atomic E-state index is 11.9. The van der Waals surface area contributed by atoms with Gasteiger partial charge in [0, 0.05) is 32.5 Å². The molecule has 0 spiro atoms. The second-order valence-corrected chi connectivity index (χ2v) is 7.88. The van der Waals surface area contributed by atoms with E-state index in [1.807, 2.05) is 44.2 Å². The minimum atomic E-state index is -3.45. The van der Waals surface area contributed by atoms with Crippen LogP contribution < -0.4 is 10.0 Å². The van der Waals surface area contributed by atoms with Crippen molar-refractivity contribution in [1.29, 1.82) is 0 Å². The van der Waals surface area contributed by atoms with Crippen LogP contribution >= 0.6 is 24.0 Å². The maximum Gasteiger partial charge on any atom is 0.240 e. The summed E-state index contributed by atoms with van der Waals surface area (Å²) in [6, 6.07) is 10.9. The molecule has 2 N–H and O–H groups in total. The van der Waals surface area contributed by atoms with E-state index in [-0.39, 0.29) is 28.9 Å². The molecule has 0 fully saturated rings. The van der Waals surface area contributed by atoms with Gasteiger partial charge in [0.15, 0.2) is 5.96 Å². The number of aromatic nitrogens is 1. The number of sulfonamides is 1. The van der Waals surface area contributed by atoms with E-state index in [2.05, 4.69) is 25.7 Å². The number of nitrogens with zero attached hydrogens (tertiary/aromatic N) is 3. The number of hydrogen-bond acceptors (Lipinski definition) is 3. The molecule has 0 aliphatic rings. The Morgan fingerprint density at radius 2 is 2.00 bits per heavy atom. The molecule has 27 heavy (non-hydrogen) atoms. The van der Waals surface area contributed by atoms with Crippen LogP contribution in [0.3, 0.4) is 0 Å². The Hall–Kier alpha value is -1.59. The van der Waals surface area contributed by atoms with E-state index in [0.717, 1.165) is 24.6 Å². The summed E-state index contributed by atoms with van der Waals surface area (Å²) < 4.78 is 28.3. The van der Waals surface area contributed by atoms with Crippen LogP contribution in [0.4, 0.5) is 0 Å². The molecule has 1 heterocycles. The van der Waals surface area contributed by atoms with Gasteiger partial charge in [0.25, 0.3) is 0 Å². The lowest BCUT2D eigenvalue weighted by molar-refractivity contribution is 0.462. The fourth-order valence-electron chi connectivity index (χ4n) is 2.54. The second-order valence-electron chi connectivity index (χ2n) is 5.99. The molecule has 0 bridgehead atoms. The van der Waals surface area contributed by atoms with Crippen molar-refractivity contribution >= 4 is 40.0 Å². The molecule has 0 aliphatic heterocycles. The molecule has 1 aromatic heterocycles. The Morgan fingerprint density at radius 3 is 2.59 bits per heavy atom. The van der Waals surface area contributed by atoms with Crippen LogP contribution in [0.5, 0.6) is 0 Å². The van der Waals surface area contributed by atoms with Crippen LogP contribution in [-0.4, -0.2) is 44.5 Å². The average Bonchev–Trinajstić information content (AvgIpc) is 3.03. The van der Waals surface area contributed by atoms with Crippen molar-refractivity contribution in [3.63, 3.8) is 0 Å². The SMILES string of the molecule is CCNC(=NCc1cccc(S(=O)(=O)NC)c1)N(C)Cc1cccn1C.I. The smallest absolute Gasteiger partial charge is 0.240 e. The Labute approximate surface area is 178 Å². The van der Waals surface area contributed by atoms with Crippen molar-refractivity contribution in [3.05, 3.63) is 53.9 Å². The van der Waals surface area contributed by atoms with E-state index in [0.29, 0.717) is 6.54 Å². The molecule has 0 aliphatic carbocycles. The summed E-state index contributed by atoms with van der Waals surface area (Å²) in [6.07, 6.45) is 2.01. The molecule has 0 radical (unpaired) electrons. The lowest BCUT2D eigenvalue weighted by Crippen LogP contribution is -2.38. The van der Waals surface area contributed by atoms with E-state index in [4.69, 9.17) is 0 Å². The first-order valence-corrected chi connectivity index (χ1v) is 9.98. The number of hydrogen-bond donors (Lipinski definition) is 2. The molecule has 9 heteroatoms. The summed E-state index contributed by atoms with van der Waals surface area (Å²) in [7, 11) is 1.95. The summed E-state index contributed by atoms with van der Waals surface area (Å²) >= 11 is 0. The Bertz CT molecular complexity index is 864. The fourth-order valence-corrected chi connectivity index (χ4v) is 3.34. The number of aliphatic imine (C=N–C) groups is 1. The molecular formula is C18H28IN5O2S. The molecule has 0 saturated heterocycles. The van der Waals surface area contributed by atoms with Crippen LogP contribution in [0.15, 0.2) is 52.5 Å². The number of benzene rings is 1. The zero-order chi connectivity index (χ0) is 19.2. The zero-order valence-electron chi connectivity index (χ0n) is 16.1. The maximum atomic E-state index is 11.9. The monoisotopic (exact) mass is 505 g/mol. The summed E-state index contributed by atoms with van der Waals surface area (Å²) in [6.45, 7) is 3.90. The van der Waals surface area contributed by atoms with Gasteiger partial charge in [0.1, 0.15) is 0 Å². The molecule has 7 nitrogen and oxygen atoms in total. The normalized spacial score (nSPS) is 11.8. The Balaban J connectivity index is 0.00000364. The van der Waals surface area contributed by atoms with Crippen LogP contribution in [0, 0.1) is 0 Å². The van der Waals surface area contributed by atoms with Gasteiger partial charge in [-0.3, -0.25) is 0 Å². The predicted molar refractivity (Wildman–Crippen MR) is 120 cm³/mol. The van der Waals surface area contributed by atoms with Gasteiger partial charge in [0.2, 0.25) is 10.0 Å². The van der Waals surface area contributed by atoms with Gasteiger partial charge >= 0.3 is 0 Å². The molecule has 150 valence electrons. The van der Waals surface area contributed by atoms with Gasteiger partial charge in [-0.05, 0) is 43.8 Å². The first-order valence-electron chi connectivity index (χ1n) is 8.49. The molecule has 1 aromatic carbocycles. The van der Waals surface area contributed by atoms with E-state index in [1.54, 1.807) is 18.2 Å². The molecular weight excluding hydrogens is 477 g/mol. The number of nitrogens with one attached hydrogen (secondary N) is 2. The van der Waals surface area contributed by atoms with Crippen molar-refractivity contribution in [1.82, 2.24) is 19.5 Å². The third-order valence-corrected chi connectivity index (χ3v) is 5.45. The second kappa shape index (κ2) is 10.7. The molecule has 0 saturated carbocycles. The van der Waals surface area contributed by atoms with Crippen molar-refractivity contribution in [2.45, 2.75) is 24.9 Å². The van der Waals surface area contributed by atoms with Crippen LogP contribution in [0.2, 0.25) is 0 Å². The van der Waals surface area contributed by atoms with Crippen molar-refractivity contribution < 1.29 is 8.42 Å². The number of rotatable bonds is 7. The van der Waals surface area contributed by atoms with E-state index >= 15 is 0 Å². The Morgan fingerprint density at radius 1 is 1.26 bits per heavy atom. The number of aryl methyl sites for hydroxylation is 1. The molecule has 0 atom stereocenters. The molecule has 0 unspecified atom stereocenters. The van der Waals surface area contributed by atoms with Crippen molar-refractivity contribution in [2.75, 3.05) is 20.6 Å². The molecule has 2 aromatic rings. The van der Waals surface area contributed by atoms with Gasteiger partial charge in [-0.15, -0.1) is 24.0 Å². The predicted octanol–water partition coefficient (Wildman–Crippen LogP) is 2.15. The third-order valence-electron chi connectivity index (χ3n) is 4.04. The van der Waals surface area contributed by atoms with Gasteiger partial charge in [-0.1, -0.05) is 12.1 Å². The summed E-state index contributed by atoms with van der Waals surface area (Å²) in [5.41, 5.74) is 2.02. The highest BCUT2D eigenvalue weighted by Gasteiger charge is 2.12. The fraction of sp³-hybridized carbons (Fsp3) is 0.389. The van der Waals surface area contributed by atoms with Gasteiger partial charge in [-0.2, -0.15) is 0 Å². The first kappa shape index (κ1) is 23.4.